The SMILES string of the molecule is COc1ccc(S(=O)(=O)C(F)(F)F)cc1NC(=O)C(C)Sc1ccc(Cl)cc1. The van der Waals surface area contributed by atoms with Gasteiger partial charge >= 0.3 is 5.51 Å². The molecule has 1 N–H and O–H groups in total. The molecule has 1 atom stereocenters. The fourth-order valence-corrected chi connectivity index (χ4v) is 3.87. The number of methoxy groups -OCH3 is 1. The van der Waals surface area contributed by atoms with Gasteiger partial charge in [-0.15, -0.1) is 11.8 Å². The fraction of sp³-hybridized carbons (Fsp3) is 0.235. The molecule has 2 rings (SSSR count). The second-order valence-electron chi connectivity index (χ2n) is 5.51. The number of nitrogens with one attached hydrogen (secondary N) is 1. The van der Waals surface area contributed by atoms with Crippen molar-refractivity contribution < 1.29 is 31.1 Å². The summed E-state index contributed by atoms with van der Waals surface area (Å²) in [5.41, 5.74) is -5.64. The van der Waals surface area contributed by atoms with Crippen molar-refractivity contribution in [3.05, 3.63) is 47.5 Å². The standard InChI is InChI=1S/C17H15ClF3NO4S2/c1-10(27-12-5-3-11(18)4-6-12)16(23)22-14-9-13(7-8-15(14)26-2)28(24,25)17(19,20)21/h3-10H,1-2H3,(H,22,23). The highest BCUT2D eigenvalue weighted by Crippen LogP contribution is 2.35. The van der Waals surface area contributed by atoms with E-state index in [1.165, 1.54) is 18.9 Å². The second-order valence-corrected chi connectivity index (χ2v) is 9.31. The Morgan fingerprint density at radius 3 is 2.32 bits per heavy atom. The molecule has 0 bridgehead atoms. The summed E-state index contributed by atoms with van der Waals surface area (Å²) >= 11 is 7.00. The number of amides is 1. The van der Waals surface area contributed by atoms with E-state index in [1.54, 1.807) is 31.2 Å². The maximum Gasteiger partial charge on any atom is 0.501 e. The molecule has 0 aromatic heterocycles. The quantitative estimate of drug-likeness (QED) is 0.638. The van der Waals surface area contributed by atoms with Gasteiger partial charge in [-0.1, -0.05) is 11.6 Å². The Labute approximate surface area is 169 Å². The molecule has 11 heteroatoms. The van der Waals surface area contributed by atoms with E-state index in [9.17, 15) is 26.4 Å². The number of hydrogen-bond donors (Lipinski definition) is 1. The molecular weight excluding hydrogens is 439 g/mol. The Balaban J connectivity index is 2.25. The molecule has 0 saturated carbocycles. The van der Waals surface area contributed by atoms with Crippen molar-refractivity contribution in [1.82, 2.24) is 0 Å². The van der Waals surface area contributed by atoms with E-state index < -0.39 is 31.4 Å². The molecule has 2 aromatic rings. The predicted octanol–water partition coefficient (Wildman–Crippen LogP) is 4.76. The van der Waals surface area contributed by atoms with Gasteiger partial charge in [-0.05, 0) is 49.4 Å². The Morgan fingerprint density at radius 1 is 1.18 bits per heavy atom. The molecular formula is C17H15ClF3NO4S2. The first-order valence-corrected chi connectivity index (χ1v) is 10.4. The molecule has 0 radical (unpaired) electrons. The minimum absolute atomic E-state index is 0.0261. The summed E-state index contributed by atoms with van der Waals surface area (Å²) in [6.07, 6.45) is 0. The molecule has 1 unspecified atom stereocenters. The highest BCUT2D eigenvalue weighted by molar-refractivity contribution is 8.00. The van der Waals surface area contributed by atoms with Crippen LogP contribution >= 0.6 is 23.4 Å². The van der Waals surface area contributed by atoms with E-state index >= 15 is 0 Å². The Kier molecular flexibility index (Phi) is 6.89. The molecule has 152 valence electrons. The topological polar surface area (TPSA) is 72.5 Å². The lowest BCUT2D eigenvalue weighted by Gasteiger charge is -2.16. The van der Waals surface area contributed by atoms with E-state index in [-0.39, 0.29) is 11.4 Å². The summed E-state index contributed by atoms with van der Waals surface area (Å²) in [5.74, 6) is -0.516. The number of benzene rings is 2. The van der Waals surface area contributed by atoms with Gasteiger partial charge in [0, 0.05) is 9.92 Å². The largest absolute Gasteiger partial charge is 0.501 e. The molecule has 0 fully saturated rings. The van der Waals surface area contributed by atoms with Crippen molar-refractivity contribution in [2.45, 2.75) is 27.5 Å². The molecule has 0 saturated heterocycles. The monoisotopic (exact) mass is 453 g/mol. The third-order valence-electron chi connectivity index (χ3n) is 3.54. The molecule has 0 aliphatic heterocycles. The number of ether oxygens (including phenoxy) is 1. The third-order valence-corrected chi connectivity index (χ3v) is 6.39. The molecule has 1 amide bonds. The van der Waals surface area contributed by atoms with E-state index in [4.69, 9.17) is 16.3 Å². The number of alkyl halides is 3. The number of anilines is 1. The first-order valence-electron chi connectivity index (χ1n) is 7.68. The van der Waals surface area contributed by atoms with Crippen LogP contribution < -0.4 is 10.1 Å². The van der Waals surface area contributed by atoms with E-state index in [1.807, 2.05) is 0 Å². The number of thioether (sulfide) groups is 1. The van der Waals surface area contributed by atoms with Crippen LogP contribution in [0.4, 0.5) is 18.9 Å². The van der Waals surface area contributed by atoms with E-state index in [0.717, 1.165) is 23.1 Å². The van der Waals surface area contributed by atoms with Crippen molar-refractivity contribution in [3.8, 4) is 5.75 Å². The van der Waals surface area contributed by atoms with Gasteiger partial charge in [0.1, 0.15) is 5.75 Å². The highest BCUT2D eigenvalue weighted by Gasteiger charge is 2.47. The number of carbonyl (C=O) groups is 1. The minimum atomic E-state index is -5.56. The van der Waals surface area contributed by atoms with E-state index in [2.05, 4.69) is 5.32 Å². The van der Waals surface area contributed by atoms with Gasteiger partial charge in [0.15, 0.2) is 0 Å². The third kappa shape index (κ3) is 5.12. The van der Waals surface area contributed by atoms with Crippen LogP contribution in [-0.2, 0) is 14.6 Å². The lowest BCUT2D eigenvalue weighted by molar-refractivity contribution is -0.115. The second kappa shape index (κ2) is 8.62. The molecule has 0 aliphatic rings. The van der Waals surface area contributed by atoms with Crippen molar-refractivity contribution in [2.24, 2.45) is 0 Å². The summed E-state index contributed by atoms with van der Waals surface area (Å²) in [4.78, 5) is 12.2. The smallest absolute Gasteiger partial charge is 0.495 e. The summed E-state index contributed by atoms with van der Waals surface area (Å²) in [6, 6.07) is 9.28. The van der Waals surface area contributed by atoms with Crippen LogP contribution in [0.1, 0.15) is 6.92 Å². The van der Waals surface area contributed by atoms with Crippen LogP contribution in [0, 0.1) is 0 Å². The Morgan fingerprint density at radius 2 is 1.79 bits per heavy atom. The zero-order valence-corrected chi connectivity index (χ0v) is 17.0. The zero-order valence-electron chi connectivity index (χ0n) is 14.6. The normalized spacial score (nSPS) is 13.1. The Hall–Kier alpha value is -1.91. The summed E-state index contributed by atoms with van der Waals surface area (Å²) in [6.45, 7) is 1.59. The average Bonchev–Trinajstić information content (AvgIpc) is 2.62. The zero-order chi connectivity index (χ0) is 21.1. The lowest BCUT2D eigenvalue weighted by atomic mass is 10.3. The summed E-state index contributed by atoms with van der Waals surface area (Å²) < 4.78 is 66.5. The van der Waals surface area contributed by atoms with Gasteiger partial charge in [0.05, 0.1) is 22.9 Å². The van der Waals surface area contributed by atoms with Crippen LogP contribution in [0.3, 0.4) is 0 Å². The van der Waals surface area contributed by atoms with Crippen LogP contribution in [0.15, 0.2) is 52.3 Å². The fourth-order valence-electron chi connectivity index (χ4n) is 2.09. The number of halogens is 4. The average molecular weight is 454 g/mol. The van der Waals surface area contributed by atoms with Gasteiger partial charge < -0.3 is 10.1 Å². The first kappa shape index (κ1) is 22.4. The Bertz CT molecular complexity index is 963. The molecule has 5 nitrogen and oxygen atoms in total. The molecule has 0 spiro atoms. The van der Waals surface area contributed by atoms with Crippen LogP contribution in [0.25, 0.3) is 0 Å². The number of carbonyl (C=O) groups excluding carboxylic acids is 1. The van der Waals surface area contributed by atoms with Gasteiger partial charge in [-0.3, -0.25) is 4.79 Å². The number of sulfone groups is 1. The summed E-state index contributed by atoms with van der Waals surface area (Å²) in [7, 11) is -4.31. The lowest BCUT2D eigenvalue weighted by Crippen LogP contribution is -2.25. The van der Waals surface area contributed by atoms with Crippen LogP contribution in [0.2, 0.25) is 5.02 Å². The van der Waals surface area contributed by atoms with Crippen LogP contribution in [0.5, 0.6) is 5.75 Å². The van der Waals surface area contributed by atoms with Gasteiger partial charge in [0.25, 0.3) is 9.84 Å². The molecule has 0 heterocycles. The van der Waals surface area contributed by atoms with E-state index in [0.29, 0.717) is 5.02 Å². The van der Waals surface area contributed by atoms with Crippen molar-refractivity contribution >= 4 is 44.8 Å². The van der Waals surface area contributed by atoms with Gasteiger partial charge in [-0.25, -0.2) is 8.42 Å². The first-order chi connectivity index (χ1) is 13.0. The minimum Gasteiger partial charge on any atom is -0.495 e. The van der Waals surface area contributed by atoms with Crippen molar-refractivity contribution in [2.75, 3.05) is 12.4 Å². The molecule has 0 aliphatic carbocycles. The van der Waals surface area contributed by atoms with Gasteiger partial charge in [-0.2, -0.15) is 13.2 Å². The highest BCUT2D eigenvalue weighted by atomic mass is 35.5. The predicted molar refractivity (Wildman–Crippen MR) is 102 cm³/mol. The summed E-state index contributed by atoms with van der Waals surface area (Å²) in [5, 5.41) is 2.32. The number of hydrogen-bond acceptors (Lipinski definition) is 5. The van der Waals surface area contributed by atoms with Crippen molar-refractivity contribution in [1.29, 1.82) is 0 Å². The maximum absolute atomic E-state index is 12.8. The maximum atomic E-state index is 12.8. The molecule has 28 heavy (non-hydrogen) atoms. The van der Waals surface area contributed by atoms with Crippen LogP contribution in [-0.4, -0.2) is 32.2 Å². The number of rotatable bonds is 6. The van der Waals surface area contributed by atoms with Crippen molar-refractivity contribution in [3.63, 3.8) is 0 Å². The molecule has 2 aromatic carbocycles. The van der Waals surface area contributed by atoms with Gasteiger partial charge in [0.2, 0.25) is 5.91 Å².